The van der Waals surface area contributed by atoms with Crippen molar-refractivity contribution in [3.8, 4) is 0 Å². The molecule has 7 nitrogen and oxygen atoms in total. The van der Waals surface area contributed by atoms with Crippen LogP contribution in [-0.4, -0.2) is 56.3 Å². The topological polar surface area (TPSA) is 71.3 Å². The first-order chi connectivity index (χ1) is 18.4. The van der Waals surface area contributed by atoms with Gasteiger partial charge in [-0.1, -0.05) is 17.3 Å². The van der Waals surface area contributed by atoms with Gasteiger partial charge < -0.3 is 9.80 Å². The van der Waals surface area contributed by atoms with Crippen molar-refractivity contribution in [3.63, 3.8) is 0 Å². The quantitative estimate of drug-likeness (QED) is 0.271. The summed E-state index contributed by atoms with van der Waals surface area (Å²) in [5.41, 5.74) is -0.996. The smallest absolute Gasteiger partial charge is 0.352 e. The number of benzene rings is 1. The third kappa shape index (κ3) is 4.88. The van der Waals surface area contributed by atoms with Gasteiger partial charge in [-0.15, -0.1) is 10.1 Å². The molecule has 13 heteroatoms. The first-order valence-corrected chi connectivity index (χ1v) is 14.7. The fourth-order valence-corrected chi connectivity index (χ4v) is 8.19. The molecule has 2 aliphatic rings. The van der Waals surface area contributed by atoms with E-state index in [-0.39, 0.29) is 70.6 Å². The zero-order valence-electron chi connectivity index (χ0n) is 21.1. The lowest BCUT2D eigenvalue weighted by molar-refractivity contribution is -0.137. The molecule has 39 heavy (non-hydrogen) atoms. The van der Waals surface area contributed by atoms with Crippen LogP contribution in [0.4, 0.5) is 23.4 Å². The van der Waals surface area contributed by atoms with Crippen molar-refractivity contribution in [2.75, 3.05) is 23.7 Å². The summed E-state index contributed by atoms with van der Waals surface area (Å²) in [4.78, 5) is 37.5. The predicted molar refractivity (Wildman–Crippen MR) is 144 cm³/mol. The second-order valence-electron chi connectivity index (χ2n) is 9.91. The summed E-state index contributed by atoms with van der Waals surface area (Å²) in [5.74, 6) is -1.12. The molecule has 1 amide bonds. The van der Waals surface area contributed by atoms with Crippen molar-refractivity contribution >= 4 is 43.4 Å². The molecule has 0 bridgehead atoms. The highest BCUT2D eigenvalue weighted by molar-refractivity contribution is 8.36. The largest absolute Gasteiger partial charge is 0.416 e. The van der Waals surface area contributed by atoms with Gasteiger partial charge in [0, 0.05) is 59.9 Å². The number of carbonyl (C=O) groups excluding carboxylic acids is 1. The molecular formula is C26H26ClF4N5O2S. The van der Waals surface area contributed by atoms with Crippen LogP contribution in [0.1, 0.15) is 30.9 Å². The van der Waals surface area contributed by atoms with Crippen molar-refractivity contribution < 1.29 is 22.4 Å². The Morgan fingerprint density at radius 3 is 2.51 bits per heavy atom. The molecule has 5 rings (SSSR count). The highest BCUT2D eigenvalue weighted by Gasteiger charge is 2.37. The van der Waals surface area contributed by atoms with Crippen molar-refractivity contribution in [3.05, 3.63) is 70.7 Å². The molecular weight excluding hydrogens is 558 g/mol. The van der Waals surface area contributed by atoms with E-state index >= 15 is 0 Å². The summed E-state index contributed by atoms with van der Waals surface area (Å²) in [6.07, 6.45) is -0.966. The van der Waals surface area contributed by atoms with E-state index in [1.807, 2.05) is 13.8 Å². The highest BCUT2D eigenvalue weighted by atomic mass is 35.7. The van der Waals surface area contributed by atoms with E-state index in [9.17, 15) is 27.2 Å². The normalized spacial score (nSPS) is 24.5. The number of hydrogen-bond donors (Lipinski definition) is 1. The van der Waals surface area contributed by atoms with Crippen molar-refractivity contribution in [2.24, 2.45) is 0 Å². The van der Waals surface area contributed by atoms with Gasteiger partial charge in [0.25, 0.3) is 0 Å². The summed E-state index contributed by atoms with van der Waals surface area (Å²) in [6.45, 7) is 7.69. The predicted octanol–water partition coefficient (Wildman–Crippen LogP) is 4.87. The molecule has 4 atom stereocenters. The second kappa shape index (κ2) is 10.1. The Bertz CT molecular complexity index is 1520. The summed E-state index contributed by atoms with van der Waals surface area (Å²) in [7, 11) is 5.08. The molecule has 3 aromatic rings. The number of hydrogen-bond acceptors (Lipinski definition) is 5. The van der Waals surface area contributed by atoms with Crippen molar-refractivity contribution in [2.45, 2.75) is 49.5 Å². The van der Waals surface area contributed by atoms with Crippen LogP contribution in [-0.2, 0) is 17.5 Å². The van der Waals surface area contributed by atoms with Crippen LogP contribution < -0.4 is 10.6 Å². The Labute approximate surface area is 228 Å². The first-order valence-electron chi connectivity index (χ1n) is 12.3. The molecule has 0 spiro atoms. The van der Waals surface area contributed by atoms with Gasteiger partial charge in [-0.05, 0) is 43.7 Å². The van der Waals surface area contributed by atoms with Crippen LogP contribution in [0.5, 0.6) is 0 Å². The van der Waals surface area contributed by atoms with Crippen molar-refractivity contribution in [1.82, 2.24) is 19.4 Å². The molecule has 2 aliphatic heterocycles. The fraction of sp³-hybridized carbons (Fsp3) is 0.385. The van der Waals surface area contributed by atoms with E-state index in [1.54, 1.807) is 9.80 Å². The van der Waals surface area contributed by atoms with Gasteiger partial charge in [-0.25, -0.2) is 9.18 Å². The van der Waals surface area contributed by atoms with Crippen molar-refractivity contribution in [1.29, 1.82) is 0 Å². The minimum Gasteiger partial charge on any atom is -0.352 e. The summed E-state index contributed by atoms with van der Waals surface area (Å²) in [5, 5.41) is 0.145. The zero-order valence-corrected chi connectivity index (χ0v) is 22.8. The van der Waals surface area contributed by atoms with Crippen LogP contribution in [0.2, 0.25) is 0 Å². The molecule has 1 aromatic carbocycles. The van der Waals surface area contributed by atoms with Gasteiger partial charge >= 0.3 is 11.9 Å². The number of thiol groups is 1. The number of anilines is 1. The molecule has 208 valence electrons. The Hall–Kier alpha value is -3.12. The van der Waals surface area contributed by atoms with Gasteiger partial charge in [-0.3, -0.25) is 14.3 Å². The Balaban J connectivity index is 1.71. The molecule has 1 unspecified atom stereocenters. The number of alkyl halides is 3. The molecule has 0 aliphatic carbocycles. The lowest BCUT2D eigenvalue weighted by Gasteiger charge is -2.44. The summed E-state index contributed by atoms with van der Waals surface area (Å²) < 4.78 is 58.2. The third-order valence-electron chi connectivity index (χ3n) is 7.30. The number of piperazine rings is 1. The molecule has 0 radical (unpaired) electrons. The maximum atomic E-state index is 14.7. The lowest BCUT2D eigenvalue weighted by Crippen LogP contribution is -2.58. The van der Waals surface area contributed by atoms with Crippen LogP contribution in [0.3, 0.4) is 0 Å². The van der Waals surface area contributed by atoms with E-state index < -0.39 is 39.3 Å². The van der Waals surface area contributed by atoms with Gasteiger partial charge in [0.1, 0.15) is 11.6 Å². The Morgan fingerprint density at radius 1 is 1.21 bits per heavy atom. The molecule has 0 N–H and O–H groups in total. The Kier molecular flexibility index (Phi) is 7.13. The molecule has 1 fully saturated rings. The third-order valence-corrected chi connectivity index (χ3v) is 9.88. The van der Waals surface area contributed by atoms with Crippen LogP contribution in [0, 0.1) is 5.82 Å². The maximum Gasteiger partial charge on any atom is 0.416 e. The minimum atomic E-state index is -4.67. The summed E-state index contributed by atoms with van der Waals surface area (Å²) in [6, 6.07) is 2.86. The second-order valence-corrected chi connectivity index (χ2v) is 12.7. The van der Waals surface area contributed by atoms with Gasteiger partial charge in [0.15, 0.2) is 0 Å². The van der Waals surface area contributed by atoms with Crippen LogP contribution in [0.25, 0.3) is 10.9 Å². The number of pyridine rings is 1. The SMILES string of the molecule is C=CC(=O)N1[C@H](C)CN(c2nc(=O)n3c4c(cc(C(F)(F)F)cc24)[SH](Cl)C[C@@H](c2ccncc2F)C3)C[C@@H]1C. The van der Waals surface area contributed by atoms with Crippen LogP contribution >= 0.6 is 20.8 Å². The maximum absolute atomic E-state index is 14.7. The number of nitrogens with zero attached hydrogens (tertiary/aromatic N) is 5. The average Bonchev–Trinajstić information content (AvgIpc) is 3.02. The number of amides is 1. The average molecular weight is 584 g/mol. The minimum absolute atomic E-state index is 0.00187. The van der Waals surface area contributed by atoms with Crippen LogP contribution in [0.15, 0.2) is 52.9 Å². The monoisotopic (exact) mass is 583 g/mol. The van der Waals surface area contributed by atoms with Gasteiger partial charge in [-0.2, -0.15) is 18.2 Å². The lowest BCUT2D eigenvalue weighted by atomic mass is 10.0. The highest BCUT2D eigenvalue weighted by Crippen LogP contribution is 2.52. The fourth-order valence-electron chi connectivity index (χ4n) is 5.66. The number of rotatable bonds is 3. The molecule has 1 saturated heterocycles. The van der Waals surface area contributed by atoms with E-state index in [4.69, 9.17) is 10.7 Å². The number of aromatic nitrogens is 3. The van der Waals surface area contributed by atoms with Gasteiger partial charge in [0.2, 0.25) is 5.91 Å². The van der Waals surface area contributed by atoms with Gasteiger partial charge in [0.05, 0.1) is 17.3 Å². The van der Waals surface area contributed by atoms with E-state index in [1.165, 1.54) is 22.9 Å². The first kappa shape index (κ1) is 27.4. The van der Waals surface area contributed by atoms with E-state index in [2.05, 4.69) is 16.5 Å². The van der Waals surface area contributed by atoms with E-state index in [0.29, 0.717) is 0 Å². The molecule has 4 heterocycles. The standard InChI is InChI=1S/C26H26ClF4N5O2S/c1-4-22(37)36-14(2)10-34(11-15(36)3)24-19-7-17(26(29,30)31)8-21-23(19)35(25(38)33-24)12-16(13-39(21)27)18-5-6-32-9-20(18)28/h4-9,14-16,39H,1,10-13H2,2-3H3/t14-,15+,16-/m0/s1. The summed E-state index contributed by atoms with van der Waals surface area (Å²) >= 11 is 0. The molecule has 2 aromatic heterocycles. The Morgan fingerprint density at radius 2 is 1.90 bits per heavy atom. The number of halogens is 5. The number of carbonyl (C=O) groups is 1. The molecule has 0 saturated carbocycles. The zero-order chi connectivity index (χ0) is 28.2. The van der Waals surface area contributed by atoms with E-state index in [0.717, 1.165) is 18.3 Å².